The number of rotatable bonds is 2. The van der Waals surface area contributed by atoms with Crippen LogP contribution in [0.4, 0.5) is 0 Å². The summed E-state index contributed by atoms with van der Waals surface area (Å²) in [6.45, 7) is 0.413. The molecule has 2 saturated heterocycles. The fourth-order valence-corrected chi connectivity index (χ4v) is 4.08. The third-order valence-electron chi connectivity index (χ3n) is 5.03. The van der Waals surface area contributed by atoms with E-state index in [0.717, 1.165) is 25.7 Å². The van der Waals surface area contributed by atoms with Gasteiger partial charge in [0.15, 0.2) is 0 Å². The first-order chi connectivity index (χ1) is 9.58. The van der Waals surface area contributed by atoms with Crippen molar-refractivity contribution >= 4 is 11.9 Å². The highest BCUT2D eigenvalue weighted by Crippen LogP contribution is 2.40. The molecule has 0 spiro atoms. The molecule has 20 heavy (non-hydrogen) atoms. The van der Waals surface area contributed by atoms with Crippen molar-refractivity contribution in [1.29, 1.82) is 0 Å². The molecule has 112 valence electrons. The SMILES string of the molecule is O=C(O)[C@@H]1CC2CCCCC2N1C(=O)[C@@H]1C[C@@H](O)CN1. The number of likely N-dealkylation sites (tertiary alicyclic amines) is 1. The van der Waals surface area contributed by atoms with Gasteiger partial charge in [-0.05, 0) is 31.6 Å². The minimum Gasteiger partial charge on any atom is -0.480 e. The highest BCUT2D eigenvalue weighted by molar-refractivity contribution is 5.88. The van der Waals surface area contributed by atoms with Gasteiger partial charge >= 0.3 is 5.97 Å². The smallest absolute Gasteiger partial charge is 0.326 e. The highest BCUT2D eigenvalue weighted by Gasteiger charge is 2.49. The second-order valence-corrected chi connectivity index (χ2v) is 6.30. The Morgan fingerprint density at radius 3 is 2.55 bits per heavy atom. The minimum absolute atomic E-state index is 0.0805. The van der Waals surface area contributed by atoms with E-state index in [4.69, 9.17) is 0 Å². The Labute approximate surface area is 118 Å². The fourth-order valence-electron chi connectivity index (χ4n) is 4.08. The summed E-state index contributed by atoms with van der Waals surface area (Å²) in [5.41, 5.74) is 0. The molecule has 0 bridgehead atoms. The maximum atomic E-state index is 12.7. The summed E-state index contributed by atoms with van der Waals surface area (Å²) in [6, 6.07) is -1.03. The number of nitrogens with one attached hydrogen (secondary N) is 1. The predicted molar refractivity (Wildman–Crippen MR) is 71.0 cm³/mol. The van der Waals surface area contributed by atoms with E-state index >= 15 is 0 Å². The highest BCUT2D eigenvalue weighted by atomic mass is 16.4. The van der Waals surface area contributed by atoms with Gasteiger partial charge in [0.25, 0.3) is 0 Å². The van der Waals surface area contributed by atoms with Crippen molar-refractivity contribution in [2.24, 2.45) is 5.92 Å². The Kier molecular flexibility index (Phi) is 3.69. The minimum atomic E-state index is -0.897. The van der Waals surface area contributed by atoms with Crippen LogP contribution in [-0.2, 0) is 9.59 Å². The second-order valence-electron chi connectivity index (χ2n) is 6.30. The molecule has 1 aliphatic carbocycles. The molecule has 6 nitrogen and oxygen atoms in total. The number of carboxylic acid groups (broad SMARTS) is 1. The lowest BCUT2D eigenvalue weighted by atomic mass is 9.84. The number of aliphatic hydroxyl groups excluding tert-OH is 1. The van der Waals surface area contributed by atoms with E-state index in [9.17, 15) is 19.8 Å². The number of carbonyl (C=O) groups excluding carboxylic acids is 1. The molecule has 3 fully saturated rings. The van der Waals surface area contributed by atoms with Gasteiger partial charge in [0.1, 0.15) is 6.04 Å². The number of hydrogen-bond acceptors (Lipinski definition) is 4. The number of aliphatic hydroxyl groups is 1. The molecule has 0 aromatic heterocycles. The third-order valence-corrected chi connectivity index (χ3v) is 5.03. The number of amides is 1. The van der Waals surface area contributed by atoms with Gasteiger partial charge in [0.05, 0.1) is 12.1 Å². The van der Waals surface area contributed by atoms with Gasteiger partial charge in [0.2, 0.25) is 5.91 Å². The molecule has 6 heteroatoms. The number of hydrogen-bond donors (Lipinski definition) is 3. The average molecular weight is 282 g/mol. The van der Waals surface area contributed by atoms with E-state index in [1.54, 1.807) is 4.90 Å². The molecule has 0 radical (unpaired) electrons. The third kappa shape index (κ3) is 2.31. The number of carboxylic acids is 1. The first-order valence-corrected chi connectivity index (χ1v) is 7.54. The second kappa shape index (κ2) is 5.33. The molecule has 1 amide bonds. The van der Waals surface area contributed by atoms with E-state index in [1.165, 1.54) is 0 Å². The molecule has 0 aromatic rings. The quantitative estimate of drug-likeness (QED) is 0.661. The Balaban J connectivity index is 1.80. The van der Waals surface area contributed by atoms with Gasteiger partial charge in [-0.1, -0.05) is 12.8 Å². The van der Waals surface area contributed by atoms with E-state index < -0.39 is 24.2 Å². The van der Waals surface area contributed by atoms with Crippen molar-refractivity contribution in [3.05, 3.63) is 0 Å². The van der Waals surface area contributed by atoms with Gasteiger partial charge < -0.3 is 20.4 Å². The maximum Gasteiger partial charge on any atom is 0.326 e. The van der Waals surface area contributed by atoms with Gasteiger partial charge in [-0.3, -0.25) is 4.79 Å². The van der Waals surface area contributed by atoms with E-state index in [-0.39, 0.29) is 11.9 Å². The van der Waals surface area contributed by atoms with Crippen LogP contribution in [0.3, 0.4) is 0 Å². The van der Waals surface area contributed by atoms with Crippen LogP contribution in [0.2, 0.25) is 0 Å². The van der Waals surface area contributed by atoms with Crippen LogP contribution in [0.1, 0.15) is 38.5 Å². The first kappa shape index (κ1) is 13.8. The summed E-state index contributed by atoms with van der Waals surface area (Å²) < 4.78 is 0. The molecule has 5 atom stereocenters. The predicted octanol–water partition coefficient (Wildman–Crippen LogP) is -0.0465. The molecular formula is C14H22N2O4. The summed E-state index contributed by atoms with van der Waals surface area (Å²) in [5, 5.41) is 22.0. The summed E-state index contributed by atoms with van der Waals surface area (Å²) >= 11 is 0. The number of fused-ring (bicyclic) bond motifs is 1. The van der Waals surface area contributed by atoms with Gasteiger partial charge in [0, 0.05) is 12.6 Å². The standard InChI is InChI=1S/C14H22N2O4/c17-9-6-10(15-7-9)13(18)16-11-4-2-1-3-8(11)5-12(16)14(19)20/h8-12,15,17H,1-7H2,(H,19,20)/t8?,9-,10+,11?,12+/m1/s1. The van der Waals surface area contributed by atoms with Gasteiger partial charge in [-0.15, -0.1) is 0 Å². The lowest BCUT2D eigenvalue weighted by Crippen LogP contribution is -2.52. The molecule has 3 aliphatic rings. The Morgan fingerprint density at radius 1 is 1.15 bits per heavy atom. The van der Waals surface area contributed by atoms with Crippen LogP contribution in [0.5, 0.6) is 0 Å². The van der Waals surface area contributed by atoms with Crippen molar-refractivity contribution in [3.8, 4) is 0 Å². The van der Waals surface area contributed by atoms with Crippen LogP contribution in [0.25, 0.3) is 0 Å². The summed E-state index contributed by atoms with van der Waals surface area (Å²) in [4.78, 5) is 25.7. The zero-order valence-electron chi connectivity index (χ0n) is 11.5. The molecule has 2 unspecified atom stereocenters. The maximum absolute atomic E-state index is 12.7. The van der Waals surface area contributed by atoms with Crippen molar-refractivity contribution in [2.75, 3.05) is 6.54 Å². The normalized spacial score (nSPS) is 40.6. The number of nitrogens with zero attached hydrogens (tertiary/aromatic N) is 1. The van der Waals surface area contributed by atoms with Crippen LogP contribution < -0.4 is 5.32 Å². The molecule has 2 heterocycles. The van der Waals surface area contributed by atoms with Gasteiger partial charge in [-0.2, -0.15) is 0 Å². The Bertz CT molecular complexity index is 414. The molecule has 1 saturated carbocycles. The summed E-state index contributed by atoms with van der Waals surface area (Å²) in [6.07, 6.45) is 4.61. The largest absolute Gasteiger partial charge is 0.480 e. The molecule has 3 rings (SSSR count). The molecule has 2 aliphatic heterocycles. The fraction of sp³-hybridized carbons (Fsp3) is 0.857. The molecule has 0 aromatic carbocycles. The first-order valence-electron chi connectivity index (χ1n) is 7.54. The van der Waals surface area contributed by atoms with Crippen LogP contribution in [0.15, 0.2) is 0 Å². The number of aliphatic carboxylic acids is 1. The zero-order chi connectivity index (χ0) is 14.3. The van der Waals surface area contributed by atoms with Crippen LogP contribution >= 0.6 is 0 Å². The van der Waals surface area contributed by atoms with Crippen LogP contribution in [0, 0.1) is 5.92 Å². The van der Waals surface area contributed by atoms with Crippen molar-refractivity contribution in [1.82, 2.24) is 10.2 Å². The van der Waals surface area contributed by atoms with Crippen molar-refractivity contribution in [2.45, 2.75) is 62.8 Å². The van der Waals surface area contributed by atoms with Crippen LogP contribution in [-0.4, -0.2) is 57.8 Å². The number of carbonyl (C=O) groups is 2. The number of β-amino-alcohol motifs (C(OH)–C–C–N with tert-alkyl or cyclic N) is 1. The lowest BCUT2D eigenvalue weighted by molar-refractivity contribution is -0.150. The topological polar surface area (TPSA) is 89.9 Å². The van der Waals surface area contributed by atoms with Gasteiger partial charge in [-0.25, -0.2) is 4.79 Å². The molecular weight excluding hydrogens is 260 g/mol. The summed E-state index contributed by atoms with van der Waals surface area (Å²) in [7, 11) is 0. The van der Waals surface area contributed by atoms with Crippen molar-refractivity contribution < 1.29 is 19.8 Å². The zero-order valence-corrected chi connectivity index (χ0v) is 11.5. The van der Waals surface area contributed by atoms with E-state index in [1.807, 2.05) is 0 Å². The van der Waals surface area contributed by atoms with E-state index in [0.29, 0.717) is 25.3 Å². The van der Waals surface area contributed by atoms with Crippen molar-refractivity contribution in [3.63, 3.8) is 0 Å². The molecule has 3 N–H and O–H groups in total. The Morgan fingerprint density at radius 2 is 1.90 bits per heavy atom. The van der Waals surface area contributed by atoms with E-state index in [2.05, 4.69) is 5.32 Å². The monoisotopic (exact) mass is 282 g/mol. The summed E-state index contributed by atoms with van der Waals surface area (Å²) in [5.74, 6) is -0.699. The average Bonchev–Trinajstić information content (AvgIpc) is 3.01. The lowest BCUT2D eigenvalue weighted by Gasteiger charge is -2.34. The Hall–Kier alpha value is -1.14.